The van der Waals surface area contributed by atoms with E-state index < -0.39 is 11.0 Å². The molecule has 0 amide bonds. The van der Waals surface area contributed by atoms with E-state index in [1.165, 1.54) is 0 Å². The van der Waals surface area contributed by atoms with Gasteiger partial charge in [-0.25, -0.2) is 0 Å². The highest BCUT2D eigenvalue weighted by Crippen LogP contribution is 2.50. The molecule has 0 aromatic rings. The van der Waals surface area contributed by atoms with E-state index in [1.54, 1.807) is 0 Å². The molecular weight excluding hydrogens is 186 g/mol. The average molecular weight is 209 g/mol. The maximum absolute atomic E-state index is 10.5. The first-order valence-corrected chi connectivity index (χ1v) is 5.96. The molecule has 0 bridgehead atoms. The minimum atomic E-state index is -0.833. The van der Waals surface area contributed by atoms with Crippen molar-refractivity contribution in [3.05, 3.63) is 0 Å². The number of nitrogens with zero attached hydrogens (tertiary/aromatic N) is 1. The van der Waals surface area contributed by atoms with Gasteiger partial charge in [-0.05, 0) is 44.4 Å². The summed E-state index contributed by atoms with van der Waals surface area (Å²) in [6, 6.07) is 2.40. The predicted octanol–water partition coefficient (Wildman–Crippen LogP) is 3.11. The Labute approximate surface area is 93.3 Å². The summed E-state index contributed by atoms with van der Waals surface area (Å²) < 4.78 is 0. The van der Waals surface area contributed by atoms with Gasteiger partial charge in [-0.3, -0.25) is 0 Å². The van der Waals surface area contributed by atoms with Crippen molar-refractivity contribution in [2.75, 3.05) is 0 Å². The fraction of sp³-hybridized carbons (Fsp3) is 0.923. The molecule has 0 saturated heterocycles. The first-order valence-electron chi connectivity index (χ1n) is 5.96. The molecule has 1 aliphatic carbocycles. The minimum absolute atomic E-state index is 0.432. The van der Waals surface area contributed by atoms with Crippen LogP contribution in [0.2, 0.25) is 0 Å². The SMILES string of the molecule is CC(C)CC(C)(O)C1(C#N)CCC(C)C1. The zero-order valence-corrected chi connectivity index (χ0v) is 10.4. The molecule has 0 spiro atoms. The van der Waals surface area contributed by atoms with Gasteiger partial charge in [-0.2, -0.15) is 5.26 Å². The van der Waals surface area contributed by atoms with Gasteiger partial charge in [0.05, 0.1) is 17.1 Å². The van der Waals surface area contributed by atoms with E-state index in [9.17, 15) is 10.4 Å². The summed E-state index contributed by atoms with van der Waals surface area (Å²) in [6.45, 7) is 8.20. The van der Waals surface area contributed by atoms with E-state index in [-0.39, 0.29) is 0 Å². The molecule has 0 aromatic carbocycles. The van der Waals surface area contributed by atoms with E-state index in [1.807, 2.05) is 6.92 Å². The summed E-state index contributed by atoms with van der Waals surface area (Å²) in [7, 11) is 0. The fourth-order valence-corrected chi connectivity index (χ4v) is 2.99. The molecule has 0 aliphatic heterocycles. The lowest BCUT2D eigenvalue weighted by Gasteiger charge is -2.38. The Morgan fingerprint density at radius 3 is 2.53 bits per heavy atom. The summed E-state index contributed by atoms with van der Waals surface area (Å²) in [4.78, 5) is 0. The van der Waals surface area contributed by atoms with E-state index in [2.05, 4.69) is 26.8 Å². The van der Waals surface area contributed by atoms with Crippen LogP contribution in [-0.4, -0.2) is 10.7 Å². The zero-order chi connectivity index (χ0) is 11.7. The van der Waals surface area contributed by atoms with Crippen molar-refractivity contribution in [1.29, 1.82) is 5.26 Å². The molecule has 2 nitrogen and oxygen atoms in total. The van der Waals surface area contributed by atoms with Gasteiger partial charge in [0.15, 0.2) is 0 Å². The van der Waals surface area contributed by atoms with Crippen LogP contribution < -0.4 is 0 Å². The van der Waals surface area contributed by atoms with Gasteiger partial charge in [0, 0.05) is 0 Å². The van der Waals surface area contributed by atoms with E-state index in [0.717, 1.165) is 19.3 Å². The molecule has 2 heteroatoms. The summed E-state index contributed by atoms with van der Waals surface area (Å²) >= 11 is 0. The topological polar surface area (TPSA) is 44.0 Å². The lowest BCUT2D eigenvalue weighted by atomic mass is 9.68. The van der Waals surface area contributed by atoms with Crippen molar-refractivity contribution in [1.82, 2.24) is 0 Å². The lowest BCUT2D eigenvalue weighted by molar-refractivity contribution is -0.0536. The van der Waals surface area contributed by atoms with Crippen LogP contribution in [0.25, 0.3) is 0 Å². The monoisotopic (exact) mass is 209 g/mol. The summed E-state index contributed by atoms with van der Waals surface area (Å²) in [5.74, 6) is 1.00. The van der Waals surface area contributed by atoms with Gasteiger partial charge in [-0.15, -0.1) is 0 Å². The van der Waals surface area contributed by atoms with E-state index in [4.69, 9.17) is 0 Å². The quantitative estimate of drug-likeness (QED) is 0.776. The molecule has 1 fully saturated rings. The molecule has 1 aliphatic rings. The normalized spacial score (nSPS) is 35.1. The van der Waals surface area contributed by atoms with Gasteiger partial charge in [-0.1, -0.05) is 20.8 Å². The molecule has 3 unspecified atom stereocenters. The van der Waals surface area contributed by atoms with Gasteiger partial charge < -0.3 is 5.11 Å². The Bertz CT molecular complexity index is 264. The highest BCUT2D eigenvalue weighted by Gasteiger charge is 2.51. The third-order valence-electron chi connectivity index (χ3n) is 3.81. The van der Waals surface area contributed by atoms with Crippen molar-refractivity contribution < 1.29 is 5.11 Å². The van der Waals surface area contributed by atoms with Crippen molar-refractivity contribution in [2.24, 2.45) is 17.3 Å². The van der Waals surface area contributed by atoms with Gasteiger partial charge >= 0.3 is 0 Å². The van der Waals surface area contributed by atoms with Crippen LogP contribution in [0.1, 0.15) is 53.4 Å². The smallest absolute Gasteiger partial charge is 0.0860 e. The highest BCUT2D eigenvalue weighted by molar-refractivity contribution is 5.13. The molecule has 0 radical (unpaired) electrons. The Morgan fingerprint density at radius 2 is 2.20 bits per heavy atom. The first-order chi connectivity index (χ1) is 6.83. The molecule has 1 rings (SSSR count). The zero-order valence-electron chi connectivity index (χ0n) is 10.4. The average Bonchev–Trinajstić information content (AvgIpc) is 2.46. The summed E-state index contributed by atoms with van der Waals surface area (Å²) in [5, 5.41) is 19.9. The molecule has 0 heterocycles. The van der Waals surface area contributed by atoms with Crippen LogP contribution in [0.5, 0.6) is 0 Å². The van der Waals surface area contributed by atoms with Crippen LogP contribution in [0, 0.1) is 28.6 Å². The third-order valence-corrected chi connectivity index (χ3v) is 3.81. The summed E-state index contributed by atoms with van der Waals surface area (Å²) in [5.41, 5.74) is -1.34. The molecule has 0 aromatic heterocycles. The number of hydrogen-bond acceptors (Lipinski definition) is 2. The third kappa shape index (κ3) is 2.34. The van der Waals surface area contributed by atoms with Gasteiger partial charge in [0.2, 0.25) is 0 Å². The Balaban J connectivity index is 2.87. The van der Waals surface area contributed by atoms with Crippen molar-refractivity contribution in [3.63, 3.8) is 0 Å². The molecule has 1 saturated carbocycles. The van der Waals surface area contributed by atoms with Crippen molar-refractivity contribution in [2.45, 2.75) is 59.0 Å². The second kappa shape index (κ2) is 4.14. The molecule has 1 N–H and O–H groups in total. The highest BCUT2D eigenvalue weighted by atomic mass is 16.3. The van der Waals surface area contributed by atoms with E-state index in [0.29, 0.717) is 18.3 Å². The molecular formula is C13H23NO. The Kier molecular flexibility index (Phi) is 3.45. The van der Waals surface area contributed by atoms with Crippen LogP contribution in [-0.2, 0) is 0 Å². The van der Waals surface area contributed by atoms with Crippen LogP contribution in [0.3, 0.4) is 0 Å². The number of nitriles is 1. The maximum Gasteiger partial charge on any atom is 0.0860 e. The standard InChI is InChI=1S/C13H23NO/c1-10(2)7-12(4,15)13(9-14)6-5-11(3)8-13/h10-11,15H,5-8H2,1-4H3. The Hall–Kier alpha value is -0.550. The van der Waals surface area contributed by atoms with Crippen molar-refractivity contribution in [3.8, 4) is 6.07 Å². The molecule has 15 heavy (non-hydrogen) atoms. The van der Waals surface area contributed by atoms with E-state index >= 15 is 0 Å². The number of rotatable bonds is 3. The van der Waals surface area contributed by atoms with Crippen LogP contribution >= 0.6 is 0 Å². The Morgan fingerprint density at radius 1 is 1.60 bits per heavy atom. The second-order valence-electron chi connectivity index (χ2n) is 5.91. The lowest BCUT2D eigenvalue weighted by Crippen LogP contribution is -2.44. The molecule has 86 valence electrons. The van der Waals surface area contributed by atoms with Crippen LogP contribution in [0.15, 0.2) is 0 Å². The predicted molar refractivity (Wildman–Crippen MR) is 61.1 cm³/mol. The van der Waals surface area contributed by atoms with Crippen molar-refractivity contribution >= 4 is 0 Å². The first kappa shape index (κ1) is 12.5. The number of hydrogen-bond donors (Lipinski definition) is 1. The van der Waals surface area contributed by atoms with Crippen LogP contribution in [0.4, 0.5) is 0 Å². The minimum Gasteiger partial charge on any atom is -0.389 e. The largest absolute Gasteiger partial charge is 0.389 e. The van der Waals surface area contributed by atoms with Gasteiger partial charge in [0.25, 0.3) is 0 Å². The van der Waals surface area contributed by atoms with Gasteiger partial charge in [0.1, 0.15) is 0 Å². The maximum atomic E-state index is 10.5. The summed E-state index contributed by atoms with van der Waals surface area (Å²) in [6.07, 6.45) is 3.49. The second-order valence-corrected chi connectivity index (χ2v) is 5.91. The molecule has 3 atom stereocenters. The number of aliphatic hydroxyl groups is 1. The fourth-order valence-electron chi connectivity index (χ4n) is 2.99.